The fourth-order valence-corrected chi connectivity index (χ4v) is 1.82. The van der Waals surface area contributed by atoms with Gasteiger partial charge in [0, 0.05) is 6.54 Å². The summed E-state index contributed by atoms with van der Waals surface area (Å²) in [6, 6.07) is -0.170. The van der Waals surface area contributed by atoms with E-state index in [-0.39, 0.29) is 18.5 Å². The highest BCUT2D eigenvalue weighted by Gasteiger charge is 2.27. The molecule has 86 valence electrons. The fraction of sp³-hybridized carbons (Fsp3) is 0.800. The van der Waals surface area contributed by atoms with E-state index in [0.29, 0.717) is 6.54 Å². The molecule has 15 heavy (non-hydrogen) atoms. The second-order valence-corrected chi connectivity index (χ2v) is 3.80. The number of hydrogen-bond donors (Lipinski definition) is 2. The van der Waals surface area contributed by atoms with E-state index in [9.17, 15) is 9.59 Å². The largest absolute Gasteiger partial charge is 0.480 e. The zero-order valence-electron chi connectivity index (χ0n) is 9.03. The van der Waals surface area contributed by atoms with Gasteiger partial charge in [0.1, 0.15) is 6.54 Å². The van der Waals surface area contributed by atoms with Crippen LogP contribution in [0.4, 0.5) is 0 Å². The first-order valence-electron chi connectivity index (χ1n) is 5.39. The van der Waals surface area contributed by atoms with E-state index in [0.717, 1.165) is 25.8 Å². The van der Waals surface area contributed by atoms with Crippen LogP contribution in [0, 0.1) is 0 Å². The zero-order chi connectivity index (χ0) is 11.3. The monoisotopic (exact) mass is 214 g/mol. The average molecular weight is 214 g/mol. The highest BCUT2D eigenvalue weighted by atomic mass is 16.4. The maximum Gasteiger partial charge on any atom is 0.323 e. The molecule has 5 heteroatoms. The molecule has 0 aliphatic carbocycles. The van der Waals surface area contributed by atoms with Crippen molar-refractivity contribution in [1.29, 1.82) is 0 Å². The van der Waals surface area contributed by atoms with Crippen molar-refractivity contribution in [2.45, 2.75) is 32.2 Å². The second-order valence-electron chi connectivity index (χ2n) is 3.80. The van der Waals surface area contributed by atoms with E-state index in [2.05, 4.69) is 5.32 Å². The first-order valence-corrected chi connectivity index (χ1v) is 5.39. The zero-order valence-corrected chi connectivity index (χ0v) is 9.03. The lowest BCUT2D eigenvalue weighted by Gasteiger charge is -2.23. The van der Waals surface area contributed by atoms with Gasteiger partial charge in [-0.2, -0.15) is 0 Å². The maximum atomic E-state index is 11.9. The van der Waals surface area contributed by atoms with Gasteiger partial charge in [-0.25, -0.2) is 0 Å². The number of nitrogens with one attached hydrogen (secondary N) is 1. The molecular weight excluding hydrogens is 196 g/mol. The van der Waals surface area contributed by atoms with Crippen molar-refractivity contribution in [3.05, 3.63) is 0 Å². The standard InChI is InChI=1S/C10H18N2O3/c1-2-6-12(7-9(13)14)10(15)8-4-3-5-11-8/h8,11H,2-7H2,1H3,(H,13,14)/t8-/m1/s1. The number of carboxylic acids is 1. The third-order valence-electron chi connectivity index (χ3n) is 2.49. The van der Waals surface area contributed by atoms with Crippen molar-refractivity contribution >= 4 is 11.9 Å². The average Bonchev–Trinajstić information content (AvgIpc) is 2.68. The summed E-state index contributed by atoms with van der Waals surface area (Å²) in [7, 11) is 0. The number of hydrogen-bond acceptors (Lipinski definition) is 3. The summed E-state index contributed by atoms with van der Waals surface area (Å²) < 4.78 is 0. The predicted octanol–water partition coefficient (Wildman–Crippen LogP) is 0.0616. The molecule has 0 bridgehead atoms. The van der Waals surface area contributed by atoms with Gasteiger partial charge in [-0.3, -0.25) is 9.59 Å². The van der Waals surface area contributed by atoms with Crippen LogP contribution in [-0.4, -0.2) is 47.6 Å². The summed E-state index contributed by atoms with van der Waals surface area (Å²) in [5.41, 5.74) is 0. The number of rotatable bonds is 5. The van der Waals surface area contributed by atoms with Gasteiger partial charge in [0.05, 0.1) is 6.04 Å². The molecule has 1 atom stereocenters. The van der Waals surface area contributed by atoms with Gasteiger partial charge in [0.2, 0.25) is 5.91 Å². The minimum absolute atomic E-state index is 0.0725. The highest BCUT2D eigenvalue weighted by molar-refractivity contribution is 5.85. The van der Waals surface area contributed by atoms with Crippen LogP contribution in [-0.2, 0) is 9.59 Å². The van der Waals surface area contributed by atoms with Crippen molar-refractivity contribution in [3.8, 4) is 0 Å². The smallest absolute Gasteiger partial charge is 0.323 e. The van der Waals surface area contributed by atoms with Crippen LogP contribution in [0.15, 0.2) is 0 Å². The predicted molar refractivity (Wildman–Crippen MR) is 55.5 cm³/mol. The summed E-state index contributed by atoms with van der Waals surface area (Å²) in [5.74, 6) is -1.02. The molecular formula is C10H18N2O3. The molecule has 1 saturated heterocycles. The van der Waals surface area contributed by atoms with Gasteiger partial charge in [-0.15, -0.1) is 0 Å². The summed E-state index contributed by atoms with van der Waals surface area (Å²) in [6.07, 6.45) is 2.59. The van der Waals surface area contributed by atoms with E-state index in [1.807, 2.05) is 6.92 Å². The Hall–Kier alpha value is -1.10. The minimum atomic E-state index is -0.949. The molecule has 0 aromatic heterocycles. The van der Waals surface area contributed by atoms with Crippen molar-refractivity contribution in [3.63, 3.8) is 0 Å². The van der Waals surface area contributed by atoms with Crippen LogP contribution in [0.1, 0.15) is 26.2 Å². The molecule has 0 unspecified atom stereocenters. The third-order valence-corrected chi connectivity index (χ3v) is 2.49. The summed E-state index contributed by atoms with van der Waals surface area (Å²) in [6.45, 7) is 3.11. The van der Waals surface area contributed by atoms with Crippen molar-refractivity contribution in [1.82, 2.24) is 10.2 Å². The Morgan fingerprint density at radius 1 is 1.53 bits per heavy atom. The molecule has 1 aliphatic rings. The lowest BCUT2D eigenvalue weighted by Crippen LogP contribution is -2.46. The molecule has 1 aliphatic heterocycles. The molecule has 0 aromatic rings. The Balaban J connectivity index is 2.52. The van der Waals surface area contributed by atoms with Crippen LogP contribution in [0.3, 0.4) is 0 Å². The van der Waals surface area contributed by atoms with Crippen molar-refractivity contribution in [2.75, 3.05) is 19.6 Å². The Kier molecular flexibility index (Phi) is 4.55. The molecule has 2 N–H and O–H groups in total. The molecule has 0 spiro atoms. The van der Waals surface area contributed by atoms with E-state index in [1.54, 1.807) is 0 Å². The van der Waals surface area contributed by atoms with Crippen molar-refractivity contribution < 1.29 is 14.7 Å². The number of carbonyl (C=O) groups excluding carboxylic acids is 1. The highest BCUT2D eigenvalue weighted by Crippen LogP contribution is 2.08. The van der Waals surface area contributed by atoms with Gasteiger partial charge < -0.3 is 15.3 Å². The van der Waals surface area contributed by atoms with Gasteiger partial charge in [0.15, 0.2) is 0 Å². The first kappa shape index (κ1) is 12.0. The maximum absolute atomic E-state index is 11.9. The quantitative estimate of drug-likeness (QED) is 0.679. The Morgan fingerprint density at radius 3 is 2.73 bits per heavy atom. The SMILES string of the molecule is CCCN(CC(=O)O)C(=O)[C@H]1CCCN1. The Bertz CT molecular complexity index is 237. The van der Waals surface area contributed by atoms with Crippen LogP contribution in [0.2, 0.25) is 0 Å². The van der Waals surface area contributed by atoms with Crippen LogP contribution < -0.4 is 5.32 Å². The Morgan fingerprint density at radius 2 is 2.27 bits per heavy atom. The van der Waals surface area contributed by atoms with E-state index >= 15 is 0 Å². The lowest BCUT2D eigenvalue weighted by atomic mass is 10.2. The molecule has 1 rings (SSSR count). The van der Waals surface area contributed by atoms with E-state index < -0.39 is 5.97 Å². The number of carboxylic acid groups (broad SMARTS) is 1. The van der Waals surface area contributed by atoms with Crippen molar-refractivity contribution in [2.24, 2.45) is 0 Å². The number of aliphatic carboxylic acids is 1. The van der Waals surface area contributed by atoms with Crippen LogP contribution >= 0.6 is 0 Å². The number of amides is 1. The summed E-state index contributed by atoms with van der Waals surface area (Å²) in [4.78, 5) is 23.9. The second kappa shape index (κ2) is 5.70. The Labute approximate surface area is 89.4 Å². The summed E-state index contributed by atoms with van der Waals surface area (Å²) >= 11 is 0. The number of carbonyl (C=O) groups is 2. The van der Waals surface area contributed by atoms with Gasteiger partial charge in [-0.05, 0) is 25.8 Å². The molecule has 1 amide bonds. The third kappa shape index (κ3) is 3.51. The normalized spacial score (nSPS) is 20.2. The molecule has 0 aromatic carbocycles. The first-order chi connectivity index (χ1) is 7.15. The van der Waals surface area contributed by atoms with E-state index in [4.69, 9.17) is 5.11 Å². The van der Waals surface area contributed by atoms with Crippen LogP contribution in [0.5, 0.6) is 0 Å². The molecule has 0 radical (unpaired) electrons. The molecule has 0 saturated carbocycles. The van der Waals surface area contributed by atoms with Gasteiger partial charge in [0.25, 0.3) is 0 Å². The summed E-state index contributed by atoms with van der Waals surface area (Å²) in [5, 5.41) is 11.8. The topological polar surface area (TPSA) is 69.6 Å². The van der Waals surface area contributed by atoms with E-state index in [1.165, 1.54) is 4.90 Å². The van der Waals surface area contributed by atoms with Gasteiger partial charge in [-0.1, -0.05) is 6.92 Å². The van der Waals surface area contributed by atoms with Crippen LogP contribution in [0.25, 0.3) is 0 Å². The van der Waals surface area contributed by atoms with Gasteiger partial charge >= 0.3 is 5.97 Å². The molecule has 5 nitrogen and oxygen atoms in total. The number of nitrogens with zero attached hydrogens (tertiary/aromatic N) is 1. The fourth-order valence-electron chi connectivity index (χ4n) is 1.82. The lowest BCUT2D eigenvalue weighted by molar-refractivity contribution is -0.145. The minimum Gasteiger partial charge on any atom is -0.480 e. The molecule has 1 fully saturated rings. The molecule has 1 heterocycles.